The molecule has 1 atom stereocenters. The van der Waals surface area contributed by atoms with Gasteiger partial charge < -0.3 is 10.1 Å². The number of ketones is 2. The van der Waals surface area contributed by atoms with Crippen LogP contribution in [0.3, 0.4) is 0 Å². The molecular formula is C26H25NO4. The van der Waals surface area contributed by atoms with E-state index in [0.29, 0.717) is 33.9 Å². The first-order valence-electron chi connectivity index (χ1n) is 10.5. The number of carbonyl (C=O) groups excluding carboxylic acids is 3. The molecule has 5 heteroatoms. The van der Waals surface area contributed by atoms with E-state index in [-0.39, 0.29) is 23.9 Å². The molecule has 0 bridgehead atoms. The second-order valence-corrected chi connectivity index (χ2v) is 8.13. The van der Waals surface area contributed by atoms with Crippen LogP contribution in [0.5, 0.6) is 0 Å². The second-order valence-electron chi connectivity index (χ2n) is 8.13. The molecule has 0 spiro atoms. The lowest BCUT2D eigenvalue weighted by Crippen LogP contribution is -2.38. The number of allylic oxidation sites excluding steroid dienone is 3. The average molecular weight is 415 g/mol. The summed E-state index contributed by atoms with van der Waals surface area (Å²) in [7, 11) is 0. The summed E-state index contributed by atoms with van der Waals surface area (Å²) in [5.74, 6) is -1.30. The third-order valence-electron chi connectivity index (χ3n) is 5.88. The fraction of sp³-hybridized carbons (Fsp3) is 0.269. The Balaban J connectivity index is 1.92. The van der Waals surface area contributed by atoms with Crippen molar-refractivity contribution in [2.75, 3.05) is 6.61 Å². The van der Waals surface area contributed by atoms with Crippen LogP contribution in [0.2, 0.25) is 0 Å². The van der Waals surface area contributed by atoms with Crippen LogP contribution in [-0.2, 0) is 9.53 Å². The van der Waals surface area contributed by atoms with E-state index in [1.165, 1.54) is 0 Å². The number of fused-ring (bicyclic) bond motifs is 1. The number of carbonyl (C=O) groups is 3. The molecule has 4 rings (SSSR count). The molecule has 1 N–H and O–H groups in total. The topological polar surface area (TPSA) is 72.5 Å². The van der Waals surface area contributed by atoms with Gasteiger partial charge >= 0.3 is 5.97 Å². The monoisotopic (exact) mass is 415 g/mol. The maximum Gasteiger partial charge on any atom is 0.336 e. The molecule has 158 valence electrons. The molecule has 1 aliphatic carbocycles. The summed E-state index contributed by atoms with van der Waals surface area (Å²) in [5.41, 5.74) is 4.10. The largest absolute Gasteiger partial charge is 0.463 e. The molecule has 1 aliphatic heterocycles. The highest BCUT2D eigenvalue weighted by atomic mass is 16.5. The van der Waals surface area contributed by atoms with Crippen LogP contribution >= 0.6 is 0 Å². The Bertz CT molecular complexity index is 1150. The van der Waals surface area contributed by atoms with Gasteiger partial charge in [0.05, 0.1) is 17.9 Å². The van der Waals surface area contributed by atoms with E-state index in [4.69, 9.17) is 4.74 Å². The summed E-state index contributed by atoms with van der Waals surface area (Å²) in [5, 5.41) is 3.05. The summed E-state index contributed by atoms with van der Waals surface area (Å²) in [6.07, 6.45) is 0. The number of ether oxygens (including phenoxy) is 1. The molecule has 1 unspecified atom stereocenters. The SMILES string of the molecule is CCOC(=O)C1=C(C)NC2=C(C(=O)c3ccccc3C2=O)C1c1ccc(C(C)C)cc1. The Morgan fingerprint density at radius 2 is 1.61 bits per heavy atom. The van der Waals surface area contributed by atoms with Crippen LogP contribution in [0.15, 0.2) is 71.1 Å². The van der Waals surface area contributed by atoms with Crippen LogP contribution in [-0.4, -0.2) is 24.1 Å². The van der Waals surface area contributed by atoms with Gasteiger partial charge in [-0.1, -0.05) is 62.4 Å². The van der Waals surface area contributed by atoms with Gasteiger partial charge in [0.1, 0.15) is 0 Å². The van der Waals surface area contributed by atoms with Gasteiger partial charge in [0, 0.05) is 28.3 Å². The Labute approximate surface area is 181 Å². The molecule has 2 aromatic rings. The summed E-state index contributed by atoms with van der Waals surface area (Å²) in [4.78, 5) is 39.8. The third kappa shape index (κ3) is 3.40. The van der Waals surface area contributed by atoms with Gasteiger partial charge in [-0.15, -0.1) is 0 Å². The number of hydrogen-bond donors (Lipinski definition) is 1. The number of Topliss-reactive ketones (excluding diaryl/α,β-unsaturated/α-hetero) is 2. The van der Waals surface area contributed by atoms with Crippen molar-refractivity contribution < 1.29 is 19.1 Å². The van der Waals surface area contributed by atoms with E-state index >= 15 is 0 Å². The number of esters is 1. The first-order valence-corrected chi connectivity index (χ1v) is 10.5. The van der Waals surface area contributed by atoms with Crippen LogP contribution in [0.25, 0.3) is 0 Å². The van der Waals surface area contributed by atoms with Crippen LogP contribution in [0, 0.1) is 0 Å². The minimum atomic E-state index is -0.679. The predicted molar refractivity (Wildman–Crippen MR) is 118 cm³/mol. The summed E-state index contributed by atoms with van der Waals surface area (Å²) in [6.45, 7) is 7.91. The lowest BCUT2D eigenvalue weighted by Gasteiger charge is -2.34. The summed E-state index contributed by atoms with van der Waals surface area (Å²) in [6, 6.07) is 14.7. The molecule has 5 nitrogen and oxygen atoms in total. The first kappa shape index (κ1) is 20.8. The van der Waals surface area contributed by atoms with Crippen molar-refractivity contribution in [1.29, 1.82) is 0 Å². The normalized spacial score (nSPS) is 18.0. The molecule has 31 heavy (non-hydrogen) atoms. The maximum atomic E-state index is 13.6. The molecule has 0 saturated carbocycles. The molecule has 2 aromatic carbocycles. The van der Waals surface area contributed by atoms with Crippen molar-refractivity contribution >= 4 is 17.5 Å². The Morgan fingerprint density at radius 1 is 1.00 bits per heavy atom. The Morgan fingerprint density at radius 3 is 2.19 bits per heavy atom. The molecular weight excluding hydrogens is 390 g/mol. The lowest BCUT2D eigenvalue weighted by molar-refractivity contribution is -0.138. The number of rotatable bonds is 4. The van der Waals surface area contributed by atoms with E-state index in [0.717, 1.165) is 11.1 Å². The fourth-order valence-electron chi connectivity index (χ4n) is 4.30. The quantitative estimate of drug-likeness (QED) is 0.735. The van der Waals surface area contributed by atoms with Crippen molar-refractivity contribution in [3.05, 3.63) is 93.3 Å². The minimum Gasteiger partial charge on any atom is -0.463 e. The molecule has 2 aliphatic rings. The summed E-state index contributed by atoms with van der Waals surface area (Å²) < 4.78 is 5.32. The Hall–Kier alpha value is -3.47. The fourth-order valence-corrected chi connectivity index (χ4v) is 4.30. The minimum absolute atomic E-state index is 0.218. The standard InChI is InChI=1S/C26H25NO4/c1-5-31-26(30)20-15(4)27-23-22(21(20)17-12-10-16(11-13-17)14(2)3)24(28)18-8-6-7-9-19(18)25(23)29/h6-14,21,27H,5H2,1-4H3. The van der Waals surface area contributed by atoms with Crippen LogP contribution in [0.4, 0.5) is 0 Å². The zero-order valence-electron chi connectivity index (χ0n) is 18.1. The van der Waals surface area contributed by atoms with Gasteiger partial charge in [0.25, 0.3) is 0 Å². The molecule has 0 fully saturated rings. The molecule has 0 radical (unpaired) electrons. The highest BCUT2D eigenvalue weighted by Gasteiger charge is 2.43. The second kappa shape index (κ2) is 7.99. The van der Waals surface area contributed by atoms with Crippen molar-refractivity contribution in [3.63, 3.8) is 0 Å². The van der Waals surface area contributed by atoms with Crippen LogP contribution < -0.4 is 5.32 Å². The number of nitrogens with one attached hydrogen (secondary N) is 1. The number of benzene rings is 2. The molecule has 0 aromatic heterocycles. The van der Waals surface area contributed by atoms with E-state index in [9.17, 15) is 14.4 Å². The lowest BCUT2D eigenvalue weighted by atomic mass is 9.73. The summed E-state index contributed by atoms with van der Waals surface area (Å²) >= 11 is 0. The van der Waals surface area contributed by atoms with Crippen LogP contribution in [0.1, 0.15) is 71.4 Å². The van der Waals surface area contributed by atoms with Crippen molar-refractivity contribution in [3.8, 4) is 0 Å². The highest BCUT2D eigenvalue weighted by molar-refractivity contribution is 6.28. The number of hydrogen-bond acceptors (Lipinski definition) is 5. The molecule has 0 saturated heterocycles. The Kier molecular flexibility index (Phi) is 5.36. The zero-order valence-corrected chi connectivity index (χ0v) is 18.1. The molecule has 1 heterocycles. The first-order chi connectivity index (χ1) is 14.8. The molecule has 0 amide bonds. The smallest absolute Gasteiger partial charge is 0.336 e. The van der Waals surface area contributed by atoms with Gasteiger partial charge in [0.2, 0.25) is 5.78 Å². The van der Waals surface area contributed by atoms with Gasteiger partial charge in [-0.05, 0) is 30.9 Å². The average Bonchev–Trinajstić information content (AvgIpc) is 2.76. The van der Waals surface area contributed by atoms with E-state index < -0.39 is 11.9 Å². The highest BCUT2D eigenvalue weighted by Crippen LogP contribution is 2.43. The van der Waals surface area contributed by atoms with Crippen molar-refractivity contribution in [1.82, 2.24) is 5.32 Å². The predicted octanol–water partition coefficient (Wildman–Crippen LogP) is 4.67. The van der Waals surface area contributed by atoms with Gasteiger partial charge in [-0.3, -0.25) is 9.59 Å². The van der Waals surface area contributed by atoms with E-state index in [1.807, 2.05) is 24.3 Å². The van der Waals surface area contributed by atoms with E-state index in [2.05, 4.69) is 19.2 Å². The zero-order chi connectivity index (χ0) is 22.3. The third-order valence-corrected chi connectivity index (χ3v) is 5.88. The maximum absolute atomic E-state index is 13.6. The van der Waals surface area contributed by atoms with Crippen molar-refractivity contribution in [2.45, 2.75) is 39.5 Å². The van der Waals surface area contributed by atoms with Gasteiger partial charge in [0.15, 0.2) is 5.78 Å². The number of dihydropyridines is 1. The van der Waals surface area contributed by atoms with Gasteiger partial charge in [-0.2, -0.15) is 0 Å². The van der Waals surface area contributed by atoms with E-state index in [1.54, 1.807) is 38.1 Å². The van der Waals surface area contributed by atoms with Crippen molar-refractivity contribution in [2.24, 2.45) is 0 Å². The van der Waals surface area contributed by atoms with Gasteiger partial charge in [-0.25, -0.2) is 4.79 Å².